The highest BCUT2D eigenvalue weighted by Crippen LogP contribution is 2.38. The number of imidazole rings is 1. The van der Waals surface area contributed by atoms with E-state index in [1.54, 1.807) is 30.6 Å². The highest BCUT2D eigenvalue weighted by molar-refractivity contribution is 7.80. The highest BCUT2D eigenvalue weighted by Gasteiger charge is 2.56. The van der Waals surface area contributed by atoms with Crippen LogP contribution in [-0.2, 0) is 35.7 Å². The molecule has 0 radical (unpaired) electrons. The molecule has 46 heavy (non-hydrogen) atoms. The second-order valence-electron chi connectivity index (χ2n) is 10.6. The van der Waals surface area contributed by atoms with Gasteiger partial charge in [-0.05, 0) is 51.1 Å². The fourth-order valence-corrected chi connectivity index (χ4v) is 5.41. The lowest BCUT2D eigenvalue weighted by molar-refractivity contribution is -0.228. The van der Waals surface area contributed by atoms with Crippen LogP contribution in [0.2, 0.25) is 0 Å². The Hall–Kier alpha value is -4.18. The van der Waals surface area contributed by atoms with Gasteiger partial charge in [-0.2, -0.15) is 13.5 Å². The monoisotopic (exact) mass is 682 g/mol. The number of carboxylic acid groups (broad SMARTS) is 1. The van der Waals surface area contributed by atoms with Crippen molar-refractivity contribution in [3.63, 3.8) is 0 Å². The maximum Gasteiger partial charge on any atom is 0.418 e. The molecule has 1 unspecified atom stereocenters. The maximum atomic E-state index is 12.5. The van der Waals surface area contributed by atoms with Crippen LogP contribution in [-0.4, -0.2) is 97.9 Å². The molecule has 2 aromatic heterocycles. The van der Waals surface area contributed by atoms with E-state index in [9.17, 15) is 28.2 Å². The fourth-order valence-electron chi connectivity index (χ4n) is 4.40. The van der Waals surface area contributed by atoms with Crippen molar-refractivity contribution in [3.8, 4) is 17.0 Å². The number of oxime groups is 1. The van der Waals surface area contributed by atoms with Crippen LogP contribution in [0.15, 0.2) is 47.3 Å². The van der Waals surface area contributed by atoms with Crippen molar-refractivity contribution in [2.45, 2.75) is 44.7 Å². The number of nitrogen functional groups attached to an aromatic ring is 1. The zero-order valence-corrected chi connectivity index (χ0v) is 26.3. The molecule has 3 aromatic rings. The van der Waals surface area contributed by atoms with E-state index in [2.05, 4.69) is 24.7 Å². The van der Waals surface area contributed by atoms with Gasteiger partial charge in [-0.25, -0.2) is 14.8 Å². The molecule has 18 nitrogen and oxygen atoms in total. The van der Waals surface area contributed by atoms with E-state index in [1.165, 1.54) is 19.2 Å². The van der Waals surface area contributed by atoms with Gasteiger partial charge in [0.2, 0.25) is 0 Å². The topological polar surface area (TPSA) is 267 Å². The summed E-state index contributed by atoms with van der Waals surface area (Å²) in [5.41, 5.74) is 11.5. The minimum atomic E-state index is -4.93. The molecular weight excluding hydrogens is 648 g/mol. The number of benzene rings is 1. The van der Waals surface area contributed by atoms with Crippen molar-refractivity contribution in [1.29, 1.82) is 0 Å². The van der Waals surface area contributed by atoms with Crippen LogP contribution < -0.4 is 21.5 Å². The molecule has 0 saturated carbocycles. The van der Waals surface area contributed by atoms with Gasteiger partial charge in [0.05, 0.1) is 23.5 Å². The Morgan fingerprint density at radius 2 is 2.00 bits per heavy atom. The standard InChI is InChI=1S/C26H34N8O10S2/c1-26(2)17(23(36)34(26)44-46(39,40)41)10-29-22(35)21(19-13-45-25(28)31-19)32-43-20(24(37)38)12-42-16-6-4-15(5-7-16)18-11-33(14-30-18)9-3-8-27/h4-7,11,13-14,17,20,22,29,35H,3,8-10,12,27H2,1-2H3,(H2,28,31)(H,37,38)(H,39,40,41)/b32-21-/t17-,20+,22?/m1/s1. The predicted molar refractivity (Wildman–Crippen MR) is 163 cm³/mol. The number of rotatable bonds is 17. The summed E-state index contributed by atoms with van der Waals surface area (Å²) in [7, 11) is -4.93. The summed E-state index contributed by atoms with van der Waals surface area (Å²) in [5, 5.41) is 29.2. The molecule has 250 valence electrons. The van der Waals surface area contributed by atoms with Crippen LogP contribution in [0.25, 0.3) is 11.3 Å². The van der Waals surface area contributed by atoms with Crippen molar-refractivity contribution in [1.82, 2.24) is 24.9 Å². The fraction of sp³-hybridized carbons (Fsp3) is 0.423. The van der Waals surface area contributed by atoms with Gasteiger partial charge in [0.1, 0.15) is 23.8 Å². The Labute approximate surface area is 267 Å². The third-order valence-corrected chi connectivity index (χ3v) is 7.97. The summed E-state index contributed by atoms with van der Waals surface area (Å²) < 4.78 is 42.9. The van der Waals surface area contributed by atoms with Gasteiger partial charge in [0.25, 0.3) is 12.0 Å². The van der Waals surface area contributed by atoms with Crippen molar-refractivity contribution < 1.29 is 46.6 Å². The molecule has 1 fully saturated rings. The minimum absolute atomic E-state index is 0.0733. The van der Waals surface area contributed by atoms with E-state index in [1.807, 2.05) is 10.8 Å². The lowest BCUT2D eigenvalue weighted by Gasteiger charge is -2.51. The molecule has 3 atom stereocenters. The number of aliphatic hydroxyl groups is 1. The van der Waals surface area contributed by atoms with Gasteiger partial charge in [0.15, 0.2) is 11.4 Å². The molecular formula is C26H34N8O10S2. The average Bonchev–Trinajstić information content (AvgIpc) is 3.65. The first-order valence-electron chi connectivity index (χ1n) is 13.7. The second-order valence-corrected chi connectivity index (χ2v) is 12.5. The molecule has 1 aromatic carbocycles. The van der Waals surface area contributed by atoms with Gasteiger partial charge in [-0.1, -0.05) is 5.16 Å². The highest BCUT2D eigenvalue weighted by atomic mass is 32.3. The number of hydroxylamine groups is 2. The van der Waals surface area contributed by atoms with Crippen molar-refractivity contribution >= 4 is 44.5 Å². The number of β-lactam (4-membered cyclic amide) rings is 1. The first kappa shape index (κ1) is 34.7. The molecule has 3 heterocycles. The number of aromatic nitrogens is 3. The summed E-state index contributed by atoms with van der Waals surface area (Å²) in [6.45, 7) is 3.65. The molecule has 20 heteroatoms. The molecule has 0 aliphatic carbocycles. The van der Waals surface area contributed by atoms with Crippen LogP contribution in [0.5, 0.6) is 5.75 Å². The number of nitrogens with zero attached hydrogens (tertiary/aromatic N) is 5. The number of ether oxygens (including phenoxy) is 1. The number of nitrogens with one attached hydrogen (secondary N) is 1. The first-order chi connectivity index (χ1) is 21.7. The number of aliphatic carboxylic acids is 1. The summed E-state index contributed by atoms with van der Waals surface area (Å²) in [5.74, 6) is -2.70. The van der Waals surface area contributed by atoms with Crippen LogP contribution >= 0.6 is 11.3 Å². The number of thiazole rings is 1. The summed E-state index contributed by atoms with van der Waals surface area (Å²) in [4.78, 5) is 38.1. The average molecular weight is 683 g/mol. The van der Waals surface area contributed by atoms with E-state index < -0.39 is 52.7 Å². The third-order valence-electron chi connectivity index (χ3n) is 6.96. The minimum Gasteiger partial charge on any atom is -0.489 e. The number of hydrogen-bond donors (Lipinski definition) is 6. The van der Waals surface area contributed by atoms with E-state index in [-0.39, 0.29) is 23.1 Å². The number of nitrogens with two attached hydrogens (primary N) is 2. The number of carbonyl (C=O) groups excluding carboxylic acids is 1. The SMILES string of the molecule is CC1(C)[C@H](CNC(O)/C(=N\O[C@@H](COc2ccc(-c3cn(CCCN)cn3)cc2)C(=O)O)c2csc(N)n2)C(=O)N1OS(=O)(=O)O. The van der Waals surface area contributed by atoms with Crippen molar-refractivity contribution in [2.24, 2.45) is 16.8 Å². The smallest absolute Gasteiger partial charge is 0.418 e. The molecule has 8 N–H and O–H groups in total. The van der Waals surface area contributed by atoms with Gasteiger partial charge in [-0.15, -0.1) is 15.6 Å². The quantitative estimate of drug-likeness (QED) is 0.0362. The molecule has 4 rings (SSSR count). The lowest BCUT2D eigenvalue weighted by Crippen LogP contribution is -2.70. The number of anilines is 1. The molecule has 1 amide bonds. The Morgan fingerprint density at radius 1 is 1.28 bits per heavy atom. The molecule has 1 saturated heterocycles. The molecule has 1 aliphatic heterocycles. The predicted octanol–water partition coefficient (Wildman–Crippen LogP) is 0.0699. The zero-order valence-electron chi connectivity index (χ0n) is 24.7. The summed E-state index contributed by atoms with van der Waals surface area (Å²) in [6.07, 6.45) is 1.20. The van der Waals surface area contributed by atoms with Crippen molar-refractivity contribution in [3.05, 3.63) is 47.9 Å². The number of carboxylic acids is 1. The van der Waals surface area contributed by atoms with E-state index in [0.29, 0.717) is 17.4 Å². The molecule has 0 spiro atoms. The number of aryl methyl sites for hydroxylation is 1. The summed E-state index contributed by atoms with van der Waals surface area (Å²) >= 11 is 1.03. The van der Waals surface area contributed by atoms with E-state index in [0.717, 1.165) is 35.6 Å². The largest absolute Gasteiger partial charge is 0.489 e. The normalized spacial score (nSPS) is 17.8. The van der Waals surface area contributed by atoms with Crippen LogP contribution in [0, 0.1) is 5.92 Å². The maximum absolute atomic E-state index is 12.5. The Kier molecular flexibility index (Phi) is 10.9. The lowest BCUT2D eigenvalue weighted by atomic mass is 9.78. The van der Waals surface area contributed by atoms with Crippen LogP contribution in [0.3, 0.4) is 0 Å². The van der Waals surface area contributed by atoms with Gasteiger partial charge >= 0.3 is 16.4 Å². The number of amides is 1. The second kappa shape index (κ2) is 14.5. The number of aliphatic hydroxyl groups excluding tert-OH is 1. The van der Waals surface area contributed by atoms with Crippen molar-refractivity contribution in [2.75, 3.05) is 25.4 Å². The van der Waals surface area contributed by atoms with E-state index in [4.69, 9.17) is 25.6 Å². The zero-order chi connectivity index (χ0) is 33.6. The van der Waals surface area contributed by atoms with Gasteiger partial charge in [-0.3, -0.25) is 14.7 Å². The van der Waals surface area contributed by atoms with Gasteiger partial charge < -0.3 is 35.8 Å². The van der Waals surface area contributed by atoms with Gasteiger partial charge in [0, 0.05) is 30.2 Å². The number of carbonyl (C=O) groups is 2. The third kappa shape index (κ3) is 8.54. The Morgan fingerprint density at radius 3 is 2.59 bits per heavy atom. The van der Waals surface area contributed by atoms with Crippen LogP contribution in [0.1, 0.15) is 26.0 Å². The van der Waals surface area contributed by atoms with E-state index >= 15 is 0 Å². The summed E-state index contributed by atoms with van der Waals surface area (Å²) in [6, 6.07) is 6.85. The van der Waals surface area contributed by atoms with Crippen LogP contribution in [0.4, 0.5) is 5.13 Å². The molecule has 1 aliphatic rings. The Balaban J connectivity index is 1.40. The number of hydrogen-bond acceptors (Lipinski definition) is 15. The Bertz CT molecular complexity index is 1660. The molecule has 0 bridgehead atoms. The first-order valence-corrected chi connectivity index (χ1v) is 16.0.